The van der Waals surface area contributed by atoms with Gasteiger partial charge in [-0.05, 0) is 42.3 Å². The summed E-state index contributed by atoms with van der Waals surface area (Å²) >= 11 is 7.37. The van der Waals surface area contributed by atoms with Gasteiger partial charge >= 0.3 is 6.03 Å². The summed E-state index contributed by atoms with van der Waals surface area (Å²) in [5.74, 6) is 1.32. The van der Waals surface area contributed by atoms with Crippen molar-refractivity contribution in [3.63, 3.8) is 0 Å². The molecule has 0 saturated carbocycles. The molecule has 3 aromatic rings. The van der Waals surface area contributed by atoms with Gasteiger partial charge in [0.15, 0.2) is 11.5 Å². The molecule has 0 aliphatic heterocycles. The Labute approximate surface area is 171 Å². The lowest BCUT2D eigenvalue weighted by molar-refractivity contribution is 0.262. The number of carbonyl (C=O) groups is 1. The number of anilines is 2. The summed E-state index contributed by atoms with van der Waals surface area (Å²) in [4.78, 5) is 12.1. The molecule has 2 N–H and O–H groups in total. The Kier molecular flexibility index (Phi) is 6.33. The van der Waals surface area contributed by atoms with E-state index in [0.29, 0.717) is 33.8 Å². The fraction of sp³-hybridized carbons (Fsp3) is 0.211. The summed E-state index contributed by atoms with van der Waals surface area (Å²) in [5.41, 5.74) is 2.54. The number of halogens is 1. The van der Waals surface area contributed by atoms with E-state index in [-0.39, 0.29) is 0 Å². The van der Waals surface area contributed by atoms with E-state index in [1.165, 1.54) is 11.3 Å². The highest BCUT2D eigenvalue weighted by atomic mass is 35.5. The Morgan fingerprint density at radius 2 is 1.86 bits per heavy atom. The molecule has 0 unspecified atom stereocenters. The van der Waals surface area contributed by atoms with Crippen LogP contribution in [0.3, 0.4) is 0 Å². The van der Waals surface area contributed by atoms with Gasteiger partial charge in [0, 0.05) is 17.1 Å². The first-order chi connectivity index (χ1) is 13.5. The van der Waals surface area contributed by atoms with Crippen LogP contribution in [0.25, 0.3) is 0 Å². The van der Waals surface area contributed by atoms with E-state index in [0.717, 1.165) is 16.1 Å². The number of aromatic nitrogens is 2. The van der Waals surface area contributed by atoms with Gasteiger partial charge in [-0.25, -0.2) is 4.79 Å². The summed E-state index contributed by atoms with van der Waals surface area (Å²) in [7, 11) is 3.18. The molecule has 3 rings (SSSR count). The van der Waals surface area contributed by atoms with E-state index in [1.807, 2.05) is 31.2 Å². The van der Waals surface area contributed by atoms with E-state index in [9.17, 15) is 4.79 Å². The second-order valence-corrected chi connectivity index (χ2v) is 7.38. The summed E-state index contributed by atoms with van der Waals surface area (Å²) in [5, 5.41) is 15.3. The lowest BCUT2D eigenvalue weighted by Crippen LogP contribution is -2.19. The van der Waals surface area contributed by atoms with Gasteiger partial charge in [-0.15, -0.1) is 10.2 Å². The van der Waals surface area contributed by atoms with Crippen molar-refractivity contribution >= 4 is 39.8 Å². The maximum atomic E-state index is 12.1. The van der Waals surface area contributed by atoms with E-state index in [4.69, 9.17) is 21.1 Å². The summed E-state index contributed by atoms with van der Waals surface area (Å²) in [6, 6.07) is 10.6. The molecule has 0 atom stereocenters. The molecule has 0 fully saturated rings. The Morgan fingerprint density at radius 3 is 2.57 bits per heavy atom. The fourth-order valence-electron chi connectivity index (χ4n) is 2.47. The van der Waals surface area contributed by atoms with Crippen molar-refractivity contribution in [3.8, 4) is 11.5 Å². The molecule has 1 heterocycles. The van der Waals surface area contributed by atoms with Gasteiger partial charge in [0.1, 0.15) is 5.01 Å². The van der Waals surface area contributed by atoms with E-state index in [1.54, 1.807) is 26.4 Å². The van der Waals surface area contributed by atoms with Crippen LogP contribution in [0.4, 0.5) is 15.6 Å². The van der Waals surface area contributed by atoms with Crippen LogP contribution < -0.4 is 20.1 Å². The summed E-state index contributed by atoms with van der Waals surface area (Å²) in [6.45, 7) is 1.90. The van der Waals surface area contributed by atoms with Crippen LogP contribution in [0, 0.1) is 6.92 Å². The van der Waals surface area contributed by atoms with Gasteiger partial charge in [-0.2, -0.15) is 0 Å². The molecule has 0 aliphatic carbocycles. The molecule has 0 spiro atoms. The average molecular weight is 419 g/mol. The molecule has 0 aliphatic rings. The number of nitrogens with one attached hydrogen (secondary N) is 2. The van der Waals surface area contributed by atoms with Gasteiger partial charge in [-0.3, -0.25) is 5.32 Å². The number of ether oxygens (including phenoxy) is 2. The largest absolute Gasteiger partial charge is 0.493 e. The van der Waals surface area contributed by atoms with Crippen molar-refractivity contribution in [2.75, 3.05) is 24.9 Å². The van der Waals surface area contributed by atoms with Gasteiger partial charge in [0.25, 0.3) is 0 Å². The van der Waals surface area contributed by atoms with Gasteiger partial charge in [0.2, 0.25) is 5.13 Å². The molecule has 1 aromatic heterocycles. The average Bonchev–Trinajstić information content (AvgIpc) is 3.11. The highest BCUT2D eigenvalue weighted by Gasteiger charge is 2.11. The molecule has 28 heavy (non-hydrogen) atoms. The van der Waals surface area contributed by atoms with E-state index >= 15 is 0 Å². The number of amides is 2. The number of urea groups is 1. The Morgan fingerprint density at radius 1 is 1.07 bits per heavy atom. The SMILES string of the molecule is COc1ccc(Cc2nnc(NC(=O)Nc3ccc(C)c(Cl)c3)s2)cc1OC. The van der Waals surface area contributed by atoms with Crippen LogP contribution in [0.5, 0.6) is 11.5 Å². The first-order valence-electron chi connectivity index (χ1n) is 8.36. The van der Waals surface area contributed by atoms with Crippen LogP contribution in [0.2, 0.25) is 5.02 Å². The molecule has 0 bridgehead atoms. The monoisotopic (exact) mass is 418 g/mol. The van der Waals surface area contributed by atoms with E-state index < -0.39 is 6.03 Å². The first-order valence-corrected chi connectivity index (χ1v) is 9.55. The third-order valence-electron chi connectivity index (χ3n) is 3.92. The minimum Gasteiger partial charge on any atom is -0.493 e. The topological polar surface area (TPSA) is 85.4 Å². The number of carbonyl (C=O) groups excluding carboxylic acids is 1. The second-order valence-electron chi connectivity index (χ2n) is 5.91. The molecule has 2 aromatic carbocycles. The smallest absolute Gasteiger partial charge is 0.325 e. The van der Waals surface area contributed by atoms with Crippen molar-refractivity contribution in [3.05, 3.63) is 57.6 Å². The zero-order valence-electron chi connectivity index (χ0n) is 15.6. The summed E-state index contributed by atoms with van der Waals surface area (Å²) in [6.07, 6.45) is 0.564. The van der Waals surface area contributed by atoms with Crippen LogP contribution >= 0.6 is 22.9 Å². The Hall–Kier alpha value is -2.84. The van der Waals surface area contributed by atoms with Crippen molar-refractivity contribution in [2.24, 2.45) is 0 Å². The fourth-order valence-corrected chi connectivity index (χ4v) is 3.42. The maximum Gasteiger partial charge on any atom is 0.325 e. The predicted molar refractivity (Wildman–Crippen MR) is 111 cm³/mol. The van der Waals surface area contributed by atoms with Gasteiger partial charge in [0.05, 0.1) is 14.2 Å². The molecule has 9 heteroatoms. The number of rotatable bonds is 6. The molecule has 2 amide bonds. The molecule has 146 valence electrons. The second kappa shape index (κ2) is 8.90. The van der Waals surface area contributed by atoms with Gasteiger partial charge < -0.3 is 14.8 Å². The third kappa shape index (κ3) is 4.90. The maximum absolute atomic E-state index is 12.1. The van der Waals surface area contributed by atoms with Crippen molar-refractivity contribution in [2.45, 2.75) is 13.3 Å². The minimum atomic E-state index is -0.409. The van der Waals surface area contributed by atoms with Crippen LogP contribution in [0.1, 0.15) is 16.1 Å². The zero-order valence-corrected chi connectivity index (χ0v) is 17.1. The number of nitrogens with zero attached hydrogens (tertiary/aromatic N) is 2. The summed E-state index contributed by atoms with van der Waals surface area (Å²) < 4.78 is 10.6. The molecule has 0 radical (unpaired) electrons. The highest BCUT2D eigenvalue weighted by molar-refractivity contribution is 7.15. The van der Waals surface area contributed by atoms with E-state index in [2.05, 4.69) is 20.8 Å². The number of aryl methyl sites for hydroxylation is 1. The first kappa shape index (κ1) is 19.9. The minimum absolute atomic E-state index is 0.409. The van der Waals surface area contributed by atoms with Crippen LogP contribution in [-0.4, -0.2) is 30.4 Å². The lowest BCUT2D eigenvalue weighted by Gasteiger charge is -2.08. The Bertz CT molecular complexity index is 993. The third-order valence-corrected chi connectivity index (χ3v) is 5.17. The quantitative estimate of drug-likeness (QED) is 0.603. The Balaban J connectivity index is 1.62. The lowest BCUT2D eigenvalue weighted by atomic mass is 10.1. The number of hydrogen-bond donors (Lipinski definition) is 2. The standard InChI is InChI=1S/C19H19ClN4O3S/c1-11-4-6-13(10-14(11)20)21-18(25)22-19-24-23-17(28-19)9-12-5-7-15(26-2)16(8-12)27-3/h4-8,10H,9H2,1-3H3,(H2,21,22,24,25). The molecule has 7 nitrogen and oxygen atoms in total. The zero-order chi connectivity index (χ0) is 20.1. The molecule has 0 saturated heterocycles. The van der Waals surface area contributed by atoms with Crippen LogP contribution in [0.15, 0.2) is 36.4 Å². The molecular weight excluding hydrogens is 400 g/mol. The van der Waals surface area contributed by atoms with Crippen molar-refractivity contribution in [1.29, 1.82) is 0 Å². The van der Waals surface area contributed by atoms with Crippen molar-refractivity contribution in [1.82, 2.24) is 10.2 Å². The van der Waals surface area contributed by atoms with Crippen LogP contribution in [-0.2, 0) is 6.42 Å². The predicted octanol–water partition coefficient (Wildman–Crippen LogP) is 4.75. The normalized spacial score (nSPS) is 10.4. The van der Waals surface area contributed by atoms with Crippen molar-refractivity contribution < 1.29 is 14.3 Å². The molecular formula is C19H19ClN4O3S. The highest BCUT2D eigenvalue weighted by Crippen LogP contribution is 2.29. The van der Waals surface area contributed by atoms with Gasteiger partial charge in [-0.1, -0.05) is 35.1 Å². The number of benzene rings is 2. The number of hydrogen-bond acceptors (Lipinski definition) is 6. The number of methoxy groups -OCH3 is 2.